The summed E-state index contributed by atoms with van der Waals surface area (Å²) in [5.74, 6) is 1.03. The normalized spacial score (nSPS) is 15.5. The highest BCUT2D eigenvalue weighted by molar-refractivity contribution is 7.10. The number of methoxy groups -OCH3 is 1. The zero-order valence-electron chi connectivity index (χ0n) is 15.8. The summed E-state index contributed by atoms with van der Waals surface area (Å²) in [5.41, 5.74) is 1.14. The maximum absolute atomic E-state index is 13.3. The van der Waals surface area contributed by atoms with E-state index in [9.17, 15) is 13.2 Å². The zero-order valence-corrected chi connectivity index (χ0v) is 16.6. The van der Waals surface area contributed by atoms with Crippen molar-refractivity contribution in [1.82, 2.24) is 9.97 Å². The van der Waals surface area contributed by atoms with Crippen LogP contribution in [0.4, 0.5) is 19.0 Å². The monoisotopic (exact) mass is 419 g/mol. The van der Waals surface area contributed by atoms with E-state index >= 15 is 0 Å². The molecule has 1 aliphatic heterocycles. The lowest BCUT2D eigenvalue weighted by molar-refractivity contribution is -0.137. The van der Waals surface area contributed by atoms with E-state index in [0.717, 1.165) is 40.9 Å². The van der Waals surface area contributed by atoms with E-state index in [0.29, 0.717) is 13.1 Å². The number of ether oxygens (including phenoxy) is 1. The molecule has 1 aliphatic rings. The molecule has 3 aromatic rings. The molecule has 0 N–H and O–H groups in total. The van der Waals surface area contributed by atoms with Gasteiger partial charge in [0.05, 0.1) is 23.4 Å². The van der Waals surface area contributed by atoms with E-state index in [1.54, 1.807) is 23.3 Å². The lowest BCUT2D eigenvalue weighted by Crippen LogP contribution is -2.35. The summed E-state index contributed by atoms with van der Waals surface area (Å²) in [7, 11) is 1.63. The van der Waals surface area contributed by atoms with E-state index in [4.69, 9.17) is 9.72 Å². The van der Waals surface area contributed by atoms with E-state index < -0.39 is 11.7 Å². The van der Waals surface area contributed by atoms with Crippen LogP contribution in [-0.4, -0.2) is 30.2 Å². The predicted molar refractivity (Wildman–Crippen MR) is 108 cm³/mol. The molecular formula is C21H20F3N3OS. The summed E-state index contributed by atoms with van der Waals surface area (Å²) < 4.78 is 45.3. The number of hydrogen-bond acceptors (Lipinski definition) is 5. The Morgan fingerprint density at radius 3 is 2.59 bits per heavy atom. The van der Waals surface area contributed by atoms with Crippen LogP contribution in [0, 0.1) is 0 Å². The molecule has 3 heterocycles. The van der Waals surface area contributed by atoms with Crippen LogP contribution in [0.2, 0.25) is 0 Å². The quantitative estimate of drug-likeness (QED) is 0.550. The van der Waals surface area contributed by atoms with Crippen LogP contribution in [0.1, 0.15) is 29.3 Å². The Hall–Kier alpha value is -2.61. The Bertz CT molecular complexity index is 981. The largest absolute Gasteiger partial charge is 0.496 e. The van der Waals surface area contributed by atoms with Crippen LogP contribution in [0.25, 0.3) is 11.3 Å². The van der Waals surface area contributed by atoms with Crippen molar-refractivity contribution in [3.05, 3.63) is 58.5 Å². The highest BCUT2D eigenvalue weighted by Crippen LogP contribution is 2.39. The Morgan fingerprint density at radius 2 is 1.86 bits per heavy atom. The molecule has 4 rings (SSSR count). The highest BCUT2D eigenvalue weighted by Gasteiger charge is 2.36. The van der Waals surface area contributed by atoms with Crippen LogP contribution in [-0.2, 0) is 6.18 Å². The average molecular weight is 419 g/mol. The topological polar surface area (TPSA) is 38.2 Å². The minimum atomic E-state index is -4.40. The van der Waals surface area contributed by atoms with Gasteiger partial charge < -0.3 is 9.64 Å². The van der Waals surface area contributed by atoms with Gasteiger partial charge in [0, 0.05) is 36.1 Å². The summed E-state index contributed by atoms with van der Waals surface area (Å²) >= 11 is 1.59. The van der Waals surface area contributed by atoms with Crippen LogP contribution < -0.4 is 9.64 Å². The van der Waals surface area contributed by atoms with Crippen LogP contribution in [0.15, 0.2) is 48.0 Å². The summed E-state index contributed by atoms with van der Waals surface area (Å²) in [6.45, 7) is 1.04. The van der Waals surface area contributed by atoms with Gasteiger partial charge in [0.15, 0.2) is 0 Å². The fourth-order valence-corrected chi connectivity index (χ4v) is 4.65. The molecular weight excluding hydrogens is 399 g/mol. The third kappa shape index (κ3) is 4.07. The molecule has 0 saturated carbocycles. The van der Waals surface area contributed by atoms with Crippen LogP contribution >= 0.6 is 11.3 Å². The van der Waals surface area contributed by atoms with Gasteiger partial charge in [-0.3, -0.25) is 0 Å². The second-order valence-corrected chi connectivity index (χ2v) is 7.79. The van der Waals surface area contributed by atoms with Gasteiger partial charge in [-0.1, -0.05) is 12.1 Å². The third-order valence-corrected chi connectivity index (χ3v) is 6.15. The molecule has 0 radical (unpaired) electrons. The number of alkyl halides is 3. The van der Waals surface area contributed by atoms with Crippen molar-refractivity contribution < 1.29 is 17.9 Å². The first-order chi connectivity index (χ1) is 14.0. The Balaban J connectivity index is 1.48. The SMILES string of the molecule is COc1ccccc1-c1csc(C2CCN(c3ncccc3C(F)(F)F)CC2)n1. The molecule has 1 aromatic carbocycles. The summed E-state index contributed by atoms with van der Waals surface area (Å²) in [6.07, 6.45) is -1.50. The Morgan fingerprint density at radius 1 is 1.10 bits per heavy atom. The molecule has 0 amide bonds. The molecule has 4 nitrogen and oxygen atoms in total. The fraction of sp³-hybridized carbons (Fsp3) is 0.333. The van der Waals surface area contributed by atoms with Crippen molar-refractivity contribution in [2.75, 3.05) is 25.1 Å². The number of piperidine rings is 1. The lowest BCUT2D eigenvalue weighted by atomic mass is 9.97. The number of halogens is 3. The molecule has 152 valence electrons. The molecule has 0 spiro atoms. The second kappa shape index (κ2) is 8.02. The first-order valence-corrected chi connectivity index (χ1v) is 10.2. The van der Waals surface area contributed by atoms with Gasteiger partial charge in [-0.2, -0.15) is 13.2 Å². The van der Waals surface area contributed by atoms with Crippen molar-refractivity contribution in [2.24, 2.45) is 0 Å². The lowest BCUT2D eigenvalue weighted by Gasteiger charge is -2.33. The van der Waals surface area contributed by atoms with Crippen molar-refractivity contribution in [3.8, 4) is 17.0 Å². The second-order valence-electron chi connectivity index (χ2n) is 6.90. The molecule has 1 fully saturated rings. The maximum Gasteiger partial charge on any atom is 0.419 e. The number of hydrogen-bond donors (Lipinski definition) is 0. The van der Waals surface area contributed by atoms with E-state index in [2.05, 4.69) is 4.98 Å². The standard InChI is InChI=1S/C21H20F3N3OS/c1-28-18-7-3-2-5-15(18)17-13-29-20(26-17)14-8-11-27(12-9-14)19-16(21(22,23)24)6-4-10-25-19/h2-7,10,13-14H,8-9,11-12H2,1H3. The van der Waals surface area contributed by atoms with Crippen LogP contribution in [0.3, 0.4) is 0 Å². The highest BCUT2D eigenvalue weighted by atomic mass is 32.1. The van der Waals surface area contributed by atoms with Gasteiger partial charge in [0.1, 0.15) is 11.6 Å². The smallest absolute Gasteiger partial charge is 0.419 e. The van der Waals surface area contributed by atoms with Gasteiger partial charge in [-0.05, 0) is 37.1 Å². The molecule has 0 unspecified atom stereocenters. The molecule has 1 saturated heterocycles. The molecule has 0 aliphatic carbocycles. The molecule has 0 atom stereocenters. The predicted octanol–water partition coefficient (Wildman–Crippen LogP) is 5.62. The fourth-order valence-electron chi connectivity index (χ4n) is 3.66. The van der Waals surface area contributed by atoms with Crippen molar-refractivity contribution >= 4 is 17.2 Å². The average Bonchev–Trinajstić information content (AvgIpc) is 3.23. The first-order valence-electron chi connectivity index (χ1n) is 9.33. The third-order valence-electron chi connectivity index (χ3n) is 5.14. The van der Waals surface area contributed by atoms with E-state index in [1.165, 1.54) is 12.3 Å². The summed E-state index contributed by atoms with van der Waals surface area (Å²) in [4.78, 5) is 10.5. The number of anilines is 1. The Labute approximate surface area is 171 Å². The van der Waals surface area contributed by atoms with Gasteiger partial charge in [-0.25, -0.2) is 9.97 Å². The Kier molecular flexibility index (Phi) is 5.45. The number of pyridine rings is 1. The number of benzene rings is 1. The number of para-hydroxylation sites is 1. The van der Waals surface area contributed by atoms with Gasteiger partial charge in [0.2, 0.25) is 0 Å². The minimum Gasteiger partial charge on any atom is -0.496 e. The summed E-state index contributed by atoms with van der Waals surface area (Å²) in [6, 6.07) is 10.2. The summed E-state index contributed by atoms with van der Waals surface area (Å²) in [5, 5.41) is 3.03. The van der Waals surface area contributed by atoms with Crippen molar-refractivity contribution in [2.45, 2.75) is 24.9 Å². The number of rotatable bonds is 4. The van der Waals surface area contributed by atoms with Crippen LogP contribution in [0.5, 0.6) is 5.75 Å². The van der Waals surface area contributed by atoms with Crippen molar-refractivity contribution in [1.29, 1.82) is 0 Å². The molecule has 29 heavy (non-hydrogen) atoms. The van der Waals surface area contributed by atoms with Gasteiger partial charge >= 0.3 is 6.18 Å². The van der Waals surface area contributed by atoms with E-state index in [1.807, 2.05) is 29.6 Å². The zero-order chi connectivity index (χ0) is 20.4. The first kappa shape index (κ1) is 19.7. The maximum atomic E-state index is 13.3. The van der Waals surface area contributed by atoms with E-state index in [-0.39, 0.29) is 11.7 Å². The molecule has 8 heteroatoms. The number of aromatic nitrogens is 2. The van der Waals surface area contributed by atoms with Gasteiger partial charge in [-0.15, -0.1) is 11.3 Å². The van der Waals surface area contributed by atoms with Gasteiger partial charge in [0.25, 0.3) is 0 Å². The minimum absolute atomic E-state index is 0.0206. The number of nitrogens with zero attached hydrogens (tertiary/aromatic N) is 3. The molecule has 2 aromatic heterocycles. The van der Waals surface area contributed by atoms with Crippen molar-refractivity contribution in [3.63, 3.8) is 0 Å². The number of thiazole rings is 1. The molecule has 0 bridgehead atoms.